The van der Waals surface area contributed by atoms with Gasteiger partial charge in [0, 0.05) is 0 Å². The van der Waals surface area contributed by atoms with E-state index in [-0.39, 0.29) is 6.73 Å². The topological polar surface area (TPSA) is 64.4 Å². The molecule has 1 N–H and O–H groups in total. The number of hydrogen-bond donors (Lipinski definition) is 1. The highest BCUT2D eigenvalue weighted by Crippen LogP contribution is 1.65. The summed E-state index contributed by atoms with van der Waals surface area (Å²) in [4.78, 5) is 13.1. The van der Waals surface area contributed by atoms with Gasteiger partial charge in [-0.2, -0.15) is 0 Å². The molecular formula is C2H6N2O3. The molecule has 0 aromatic carbocycles. The first-order chi connectivity index (χ1) is 3.27. The standard InChI is InChI=1S/C2H6N2O3/c1-3-2-7-4(5)6/h3H,2H2,1H3. The highest BCUT2D eigenvalue weighted by molar-refractivity contribution is 4.07. The first-order valence-corrected chi connectivity index (χ1v) is 1.69. The molecule has 0 saturated heterocycles. The molecule has 0 fully saturated rings. The van der Waals surface area contributed by atoms with Crippen molar-refractivity contribution in [3.05, 3.63) is 10.1 Å². The van der Waals surface area contributed by atoms with Crippen LogP contribution in [-0.4, -0.2) is 18.9 Å². The molecule has 5 heteroatoms. The molecule has 0 aromatic heterocycles. The van der Waals surface area contributed by atoms with Gasteiger partial charge in [0.15, 0.2) is 0 Å². The van der Waals surface area contributed by atoms with E-state index in [2.05, 4.69) is 10.2 Å². The number of hydrogen-bond acceptors (Lipinski definition) is 4. The summed E-state index contributed by atoms with van der Waals surface area (Å²) in [6, 6.07) is 0. The van der Waals surface area contributed by atoms with Crippen LogP contribution in [0.3, 0.4) is 0 Å². The molecule has 0 amide bonds. The maximum Gasteiger partial charge on any atom is 0.295 e. The van der Waals surface area contributed by atoms with Gasteiger partial charge in [0.05, 0.1) is 0 Å². The predicted molar refractivity (Wildman–Crippen MR) is 22.0 cm³/mol. The Morgan fingerprint density at radius 1 is 2.00 bits per heavy atom. The van der Waals surface area contributed by atoms with E-state index in [9.17, 15) is 10.1 Å². The number of nitrogens with one attached hydrogen (secondary N) is 1. The van der Waals surface area contributed by atoms with Crippen LogP contribution in [0.2, 0.25) is 0 Å². The normalized spacial score (nSPS) is 8.14. The van der Waals surface area contributed by atoms with E-state index in [1.807, 2.05) is 0 Å². The minimum atomic E-state index is -0.851. The van der Waals surface area contributed by atoms with Crippen molar-refractivity contribution in [1.82, 2.24) is 5.32 Å². The molecule has 0 heterocycles. The Kier molecular flexibility index (Phi) is 2.95. The minimum Gasteiger partial charge on any atom is -0.299 e. The summed E-state index contributed by atoms with van der Waals surface area (Å²) in [5, 5.41) is 10.9. The lowest BCUT2D eigenvalue weighted by molar-refractivity contribution is -0.758. The van der Waals surface area contributed by atoms with Gasteiger partial charge in [0.2, 0.25) is 0 Å². The molecule has 5 nitrogen and oxygen atoms in total. The number of rotatable bonds is 3. The third kappa shape index (κ3) is 5.16. The smallest absolute Gasteiger partial charge is 0.295 e. The fourth-order valence-electron chi connectivity index (χ4n) is 0.117. The average Bonchev–Trinajstić information content (AvgIpc) is 1.61. The highest BCUT2D eigenvalue weighted by Gasteiger charge is 1.86. The summed E-state index contributed by atoms with van der Waals surface area (Å²) in [6.45, 7) is -0.0486. The molecule has 0 aliphatic rings. The lowest BCUT2D eigenvalue weighted by atomic mass is 11.2. The van der Waals surface area contributed by atoms with Crippen molar-refractivity contribution in [2.24, 2.45) is 0 Å². The fraction of sp³-hybridized carbons (Fsp3) is 1.00. The van der Waals surface area contributed by atoms with Gasteiger partial charge in [-0.1, -0.05) is 0 Å². The number of nitrogens with zero attached hydrogens (tertiary/aromatic N) is 1. The summed E-state index contributed by atoms with van der Waals surface area (Å²) in [6.07, 6.45) is 0. The Morgan fingerprint density at radius 2 is 2.57 bits per heavy atom. The molecule has 0 spiro atoms. The molecule has 0 aromatic rings. The summed E-state index contributed by atoms with van der Waals surface area (Å²) < 4.78 is 0. The Hall–Kier alpha value is -0.840. The third-order valence-electron chi connectivity index (χ3n) is 0.314. The van der Waals surface area contributed by atoms with Crippen molar-refractivity contribution >= 4 is 0 Å². The monoisotopic (exact) mass is 106 g/mol. The maximum absolute atomic E-state index is 9.30. The van der Waals surface area contributed by atoms with Gasteiger partial charge in [0.1, 0.15) is 6.73 Å². The Labute approximate surface area is 40.4 Å². The van der Waals surface area contributed by atoms with Gasteiger partial charge >= 0.3 is 0 Å². The zero-order valence-electron chi connectivity index (χ0n) is 3.88. The van der Waals surface area contributed by atoms with Crippen LogP contribution in [0.5, 0.6) is 0 Å². The Balaban J connectivity index is 2.82. The second kappa shape index (κ2) is 3.35. The van der Waals surface area contributed by atoms with Crippen molar-refractivity contribution in [2.75, 3.05) is 13.8 Å². The van der Waals surface area contributed by atoms with E-state index in [0.29, 0.717) is 0 Å². The Bertz CT molecular complexity index is 64.0. The molecule has 0 radical (unpaired) electrons. The summed E-state index contributed by atoms with van der Waals surface area (Å²) in [5.41, 5.74) is 0. The van der Waals surface area contributed by atoms with Gasteiger partial charge in [-0.3, -0.25) is 10.2 Å². The molecule has 0 atom stereocenters. The second-order valence-electron chi connectivity index (χ2n) is 0.851. The first-order valence-electron chi connectivity index (χ1n) is 1.69. The van der Waals surface area contributed by atoms with E-state index in [1.165, 1.54) is 0 Å². The van der Waals surface area contributed by atoms with E-state index in [1.54, 1.807) is 7.05 Å². The van der Waals surface area contributed by atoms with Gasteiger partial charge < -0.3 is 0 Å². The van der Waals surface area contributed by atoms with Crippen molar-refractivity contribution < 1.29 is 9.92 Å². The SMILES string of the molecule is CNCO[N+](=O)[O-]. The first kappa shape index (κ1) is 6.16. The van der Waals surface area contributed by atoms with Crippen LogP contribution < -0.4 is 5.32 Å². The fourth-order valence-corrected chi connectivity index (χ4v) is 0.117. The van der Waals surface area contributed by atoms with E-state index in [0.717, 1.165) is 0 Å². The molecule has 0 rings (SSSR count). The van der Waals surface area contributed by atoms with Crippen LogP contribution in [0.25, 0.3) is 0 Å². The van der Waals surface area contributed by atoms with Crippen molar-refractivity contribution in [3.8, 4) is 0 Å². The van der Waals surface area contributed by atoms with E-state index in [4.69, 9.17) is 0 Å². The van der Waals surface area contributed by atoms with E-state index < -0.39 is 5.09 Å². The van der Waals surface area contributed by atoms with Gasteiger partial charge in [0.25, 0.3) is 5.09 Å². The minimum absolute atomic E-state index is 0.0486. The van der Waals surface area contributed by atoms with Crippen LogP contribution in [0, 0.1) is 10.1 Å². The summed E-state index contributed by atoms with van der Waals surface area (Å²) in [5.74, 6) is 0. The van der Waals surface area contributed by atoms with Crippen LogP contribution in [0.15, 0.2) is 0 Å². The molecule has 0 saturated carbocycles. The molecule has 0 aliphatic carbocycles. The van der Waals surface area contributed by atoms with Crippen molar-refractivity contribution in [1.29, 1.82) is 0 Å². The maximum atomic E-state index is 9.30. The molecule has 7 heavy (non-hydrogen) atoms. The van der Waals surface area contributed by atoms with E-state index >= 15 is 0 Å². The molecule has 0 unspecified atom stereocenters. The largest absolute Gasteiger partial charge is 0.299 e. The molecule has 0 bridgehead atoms. The Morgan fingerprint density at radius 3 is 2.71 bits per heavy atom. The second-order valence-corrected chi connectivity index (χ2v) is 0.851. The summed E-state index contributed by atoms with van der Waals surface area (Å²) >= 11 is 0. The van der Waals surface area contributed by atoms with Crippen molar-refractivity contribution in [3.63, 3.8) is 0 Å². The average molecular weight is 106 g/mol. The van der Waals surface area contributed by atoms with Gasteiger partial charge in [-0.05, 0) is 7.05 Å². The summed E-state index contributed by atoms with van der Waals surface area (Å²) in [7, 11) is 1.56. The highest BCUT2D eigenvalue weighted by atomic mass is 17.0. The van der Waals surface area contributed by atoms with Gasteiger partial charge in [-0.15, -0.1) is 10.1 Å². The zero-order chi connectivity index (χ0) is 5.70. The third-order valence-corrected chi connectivity index (χ3v) is 0.314. The predicted octanol–water partition coefficient (Wildman–Crippen LogP) is -0.628. The van der Waals surface area contributed by atoms with Gasteiger partial charge in [-0.25, -0.2) is 0 Å². The van der Waals surface area contributed by atoms with Crippen molar-refractivity contribution in [2.45, 2.75) is 0 Å². The molecule has 42 valence electrons. The van der Waals surface area contributed by atoms with Crippen LogP contribution >= 0.6 is 0 Å². The molecule has 0 aliphatic heterocycles. The van der Waals surface area contributed by atoms with Crippen LogP contribution in [-0.2, 0) is 4.84 Å². The quantitative estimate of drug-likeness (QED) is 0.295. The zero-order valence-corrected chi connectivity index (χ0v) is 3.88. The van der Waals surface area contributed by atoms with Crippen LogP contribution in [0.1, 0.15) is 0 Å². The molecular weight excluding hydrogens is 100 g/mol. The lowest BCUT2D eigenvalue weighted by Crippen LogP contribution is -2.14. The lowest BCUT2D eigenvalue weighted by Gasteiger charge is -1.91. The van der Waals surface area contributed by atoms with Crippen LogP contribution in [0.4, 0.5) is 0 Å².